The van der Waals surface area contributed by atoms with Gasteiger partial charge in [0, 0.05) is 0 Å². The van der Waals surface area contributed by atoms with Crippen molar-refractivity contribution in [2.24, 2.45) is 0 Å². The van der Waals surface area contributed by atoms with Gasteiger partial charge in [-0.05, 0) is 43.3 Å². The maximum absolute atomic E-state index is 13.5. The molecule has 2 aromatic rings. The normalized spacial score (nSPS) is 11.2. The molecule has 0 radical (unpaired) electrons. The first-order chi connectivity index (χ1) is 11.5. The standard InChI is InChI=1S/C18H14FNO4/c1-12(24-14-8-6-13(10-20)7-9-14)18(22)23-11-17(21)15-4-2-3-5-16(15)19/h2-9,12H,11H2,1H3. The lowest BCUT2D eigenvalue weighted by Gasteiger charge is -2.13. The number of esters is 1. The molecule has 0 bridgehead atoms. The average Bonchev–Trinajstić information content (AvgIpc) is 2.60. The Hall–Kier alpha value is -3.20. The van der Waals surface area contributed by atoms with Crippen molar-refractivity contribution >= 4 is 11.8 Å². The van der Waals surface area contributed by atoms with Gasteiger partial charge in [0.15, 0.2) is 12.7 Å². The number of hydrogen-bond donors (Lipinski definition) is 0. The highest BCUT2D eigenvalue weighted by atomic mass is 19.1. The third-order valence-electron chi connectivity index (χ3n) is 3.15. The van der Waals surface area contributed by atoms with Gasteiger partial charge in [0.05, 0.1) is 17.2 Å². The van der Waals surface area contributed by atoms with Crippen LogP contribution in [-0.4, -0.2) is 24.5 Å². The molecule has 1 atom stereocenters. The van der Waals surface area contributed by atoms with Crippen LogP contribution in [0, 0.1) is 17.1 Å². The molecule has 0 N–H and O–H groups in total. The minimum Gasteiger partial charge on any atom is -0.479 e. The van der Waals surface area contributed by atoms with Crippen molar-refractivity contribution in [1.82, 2.24) is 0 Å². The fourth-order valence-electron chi connectivity index (χ4n) is 1.88. The second-order valence-electron chi connectivity index (χ2n) is 4.91. The van der Waals surface area contributed by atoms with Gasteiger partial charge in [-0.15, -0.1) is 0 Å². The Morgan fingerprint density at radius 1 is 1.17 bits per heavy atom. The van der Waals surface area contributed by atoms with E-state index in [1.807, 2.05) is 6.07 Å². The van der Waals surface area contributed by atoms with Crippen molar-refractivity contribution in [3.63, 3.8) is 0 Å². The lowest BCUT2D eigenvalue weighted by atomic mass is 10.1. The molecule has 0 saturated heterocycles. The quantitative estimate of drug-likeness (QED) is 0.602. The van der Waals surface area contributed by atoms with Crippen molar-refractivity contribution in [2.75, 3.05) is 6.61 Å². The monoisotopic (exact) mass is 327 g/mol. The highest BCUT2D eigenvalue weighted by Gasteiger charge is 2.19. The molecule has 0 aliphatic heterocycles. The molecule has 122 valence electrons. The van der Waals surface area contributed by atoms with Crippen LogP contribution >= 0.6 is 0 Å². The Morgan fingerprint density at radius 3 is 2.46 bits per heavy atom. The molecule has 0 fully saturated rings. The third-order valence-corrected chi connectivity index (χ3v) is 3.15. The van der Waals surface area contributed by atoms with Gasteiger partial charge in [-0.1, -0.05) is 12.1 Å². The molecule has 0 saturated carbocycles. The zero-order chi connectivity index (χ0) is 17.5. The zero-order valence-corrected chi connectivity index (χ0v) is 12.9. The molecule has 2 rings (SSSR count). The third kappa shape index (κ3) is 4.40. The molecule has 0 aliphatic rings. The Balaban J connectivity index is 1.88. The van der Waals surface area contributed by atoms with E-state index in [1.54, 1.807) is 24.3 Å². The Kier molecular flexibility index (Phi) is 5.63. The summed E-state index contributed by atoms with van der Waals surface area (Å²) in [5.74, 6) is -1.66. The average molecular weight is 327 g/mol. The molecule has 5 nitrogen and oxygen atoms in total. The maximum atomic E-state index is 13.5. The lowest BCUT2D eigenvalue weighted by Crippen LogP contribution is -2.28. The van der Waals surface area contributed by atoms with Gasteiger partial charge >= 0.3 is 5.97 Å². The summed E-state index contributed by atoms with van der Waals surface area (Å²) in [4.78, 5) is 23.7. The van der Waals surface area contributed by atoms with Crippen LogP contribution in [0.25, 0.3) is 0 Å². The minimum absolute atomic E-state index is 0.133. The van der Waals surface area contributed by atoms with E-state index in [2.05, 4.69) is 0 Å². The van der Waals surface area contributed by atoms with E-state index < -0.39 is 30.3 Å². The topological polar surface area (TPSA) is 76.4 Å². The molecule has 0 amide bonds. The highest BCUT2D eigenvalue weighted by Crippen LogP contribution is 2.14. The first kappa shape index (κ1) is 17.2. The molecule has 6 heteroatoms. The summed E-state index contributed by atoms with van der Waals surface area (Å²) in [6.07, 6.45) is -0.952. The van der Waals surface area contributed by atoms with Crippen molar-refractivity contribution in [3.05, 3.63) is 65.5 Å². The van der Waals surface area contributed by atoms with Gasteiger partial charge in [0.25, 0.3) is 0 Å². The number of ether oxygens (including phenoxy) is 2. The van der Waals surface area contributed by atoms with Crippen LogP contribution in [0.1, 0.15) is 22.8 Å². The summed E-state index contributed by atoms with van der Waals surface area (Å²) < 4.78 is 23.7. The van der Waals surface area contributed by atoms with Crippen molar-refractivity contribution in [2.45, 2.75) is 13.0 Å². The van der Waals surface area contributed by atoms with Gasteiger partial charge in [-0.2, -0.15) is 5.26 Å². The van der Waals surface area contributed by atoms with E-state index in [4.69, 9.17) is 14.7 Å². The summed E-state index contributed by atoms with van der Waals surface area (Å²) in [5, 5.41) is 8.71. The second kappa shape index (κ2) is 7.88. The SMILES string of the molecule is CC(Oc1ccc(C#N)cc1)C(=O)OCC(=O)c1ccccc1F. The predicted octanol–water partition coefficient (Wildman–Crippen LogP) is 2.89. The summed E-state index contributed by atoms with van der Waals surface area (Å²) in [5.41, 5.74) is 0.332. The number of nitrogens with zero attached hydrogens (tertiary/aromatic N) is 1. The Bertz CT molecular complexity index is 780. The largest absolute Gasteiger partial charge is 0.479 e. The van der Waals surface area contributed by atoms with E-state index in [-0.39, 0.29) is 5.56 Å². The first-order valence-electron chi connectivity index (χ1n) is 7.12. The van der Waals surface area contributed by atoms with Crippen LogP contribution in [-0.2, 0) is 9.53 Å². The highest BCUT2D eigenvalue weighted by molar-refractivity contribution is 5.98. The van der Waals surface area contributed by atoms with E-state index in [9.17, 15) is 14.0 Å². The van der Waals surface area contributed by atoms with Crippen molar-refractivity contribution in [1.29, 1.82) is 5.26 Å². The Morgan fingerprint density at radius 2 is 1.83 bits per heavy atom. The smallest absolute Gasteiger partial charge is 0.347 e. The van der Waals surface area contributed by atoms with Crippen molar-refractivity contribution in [3.8, 4) is 11.8 Å². The molecular formula is C18H14FNO4. The molecule has 0 heterocycles. The van der Waals surface area contributed by atoms with Gasteiger partial charge in [-0.25, -0.2) is 9.18 Å². The number of Topliss-reactive ketones (excluding diaryl/α,β-unsaturated/α-hetero) is 1. The van der Waals surface area contributed by atoms with E-state index in [0.717, 1.165) is 6.07 Å². The minimum atomic E-state index is -0.952. The number of benzene rings is 2. The van der Waals surface area contributed by atoms with Crippen molar-refractivity contribution < 1.29 is 23.5 Å². The zero-order valence-electron chi connectivity index (χ0n) is 12.9. The van der Waals surface area contributed by atoms with Crippen LogP contribution in [0.2, 0.25) is 0 Å². The van der Waals surface area contributed by atoms with Gasteiger partial charge in [0.1, 0.15) is 11.6 Å². The van der Waals surface area contributed by atoms with Crippen LogP contribution in [0.3, 0.4) is 0 Å². The van der Waals surface area contributed by atoms with Crippen LogP contribution < -0.4 is 4.74 Å². The summed E-state index contributed by atoms with van der Waals surface area (Å²) in [6.45, 7) is 0.898. The summed E-state index contributed by atoms with van der Waals surface area (Å²) >= 11 is 0. The molecule has 0 aliphatic carbocycles. The van der Waals surface area contributed by atoms with Gasteiger partial charge in [0.2, 0.25) is 5.78 Å². The number of carbonyl (C=O) groups excluding carboxylic acids is 2. The van der Waals surface area contributed by atoms with Crippen LogP contribution in [0.4, 0.5) is 4.39 Å². The number of hydrogen-bond acceptors (Lipinski definition) is 5. The van der Waals surface area contributed by atoms with Crippen LogP contribution in [0.5, 0.6) is 5.75 Å². The number of rotatable bonds is 6. The van der Waals surface area contributed by atoms with Gasteiger partial charge < -0.3 is 9.47 Å². The predicted molar refractivity (Wildman–Crippen MR) is 82.9 cm³/mol. The Labute approximate surface area is 138 Å². The fourth-order valence-corrected chi connectivity index (χ4v) is 1.88. The lowest BCUT2D eigenvalue weighted by molar-refractivity contribution is -0.149. The van der Waals surface area contributed by atoms with E-state index in [1.165, 1.54) is 25.1 Å². The number of carbonyl (C=O) groups is 2. The summed E-state index contributed by atoms with van der Waals surface area (Å²) in [6, 6.07) is 13.6. The molecule has 24 heavy (non-hydrogen) atoms. The number of nitriles is 1. The second-order valence-corrected chi connectivity index (χ2v) is 4.91. The first-order valence-corrected chi connectivity index (χ1v) is 7.12. The molecule has 0 spiro atoms. The molecule has 2 aromatic carbocycles. The fraction of sp³-hybridized carbons (Fsp3) is 0.167. The summed E-state index contributed by atoms with van der Waals surface area (Å²) in [7, 11) is 0. The maximum Gasteiger partial charge on any atom is 0.347 e. The van der Waals surface area contributed by atoms with Gasteiger partial charge in [-0.3, -0.25) is 4.79 Å². The van der Waals surface area contributed by atoms with E-state index in [0.29, 0.717) is 11.3 Å². The van der Waals surface area contributed by atoms with E-state index >= 15 is 0 Å². The molecule has 0 aromatic heterocycles. The molecular weight excluding hydrogens is 313 g/mol. The number of halogens is 1. The number of ketones is 1. The van der Waals surface area contributed by atoms with Crippen LogP contribution in [0.15, 0.2) is 48.5 Å². The molecule has 1 unspecified atom stereocenters.